The fourth-order valence-electron chi connectivity index (χ4n) is 0. The Kier molecular flexibility index (Phi) is 2530. The Morgan fingerprint density at radius 3 is 0.750 bits per heavy atom. The van der Waals surface area contributed by atoms with E-state index in [1.54, 1.807) is 0 Å². The van der Waals surface area contributed by atoms with E-state index in [4.69, 9.17) is 0 Å². The fourth-order valence-corrected chi connectivity index (χ4v) is 0. The Labute approximate surface area is 39.2 Å². The summed E-state index contributed by atoms with van der Waals surface area (Å²) in [5, 5.41) is 0. The van der Waals surface area contributed by atoms with E-state index in [0.29, 0.717) is 0 Å². The average Bonchev–Trinajstić information content (AvgIpc) is 0. The molecule has 0 spiro atoms. The van der Waals surface area contributed by atoms with Crippen LogP contribution in [0.15, 0.2) is 0 Å². The minimum absolute atomic E-state index is 0. The summed E-state index contributed by atoms with van der Waals surface area (Å²) < 4.78 is 0. The van der Waals surface area contributed by atoms with Gasteiger partial charge in [0.25, 0.3) is 0 Å². The van der Waals surface area contributed by atoms with Gasteiger partial charge < -0.3 is 11.0 Å². The molecule has 0 radical (unpaired) electrons. The van der Waals surface area contributed by atoms with Gasteiger partial charge in [-0.2, -0.15) is 0 Å². The summed E-state index contributed by atoms with van der Waals surface area (Å²) in [5.74, 6) is 0. The molecule has 0 amide bonds. The van der Waals surface area contributed by atoms with Gasteiger partial charge in [-0.1, -0.05) is 0 Å². The Balaban J connectivity index is 0. The second-order valence-corrected chi connectivity index (χ2v) is 0. The van der Waals surface area contributed by atoms with Crippen LogP contribution in [0.4, 0.5) is 0 Å². The average molecular weight is 77.1 g/mol. The van der Waals surface area contributed by atoms with Crippen molar-refractivity contribution >= 4 is 27.5 Å². The van der Waals surface area contributed by atoms with Crippen LogP contribution in [0.3, 0.4) is 0 Å². The molecule has 0 unspecified atom stereocenters. The maximum atomic E-state index is 0. The minimum atomic E-state index is 0. The summed E-state index contributed by atoms with van der Waals surface area (Å²) >= 11 is 0. The molecule has 0 heterocycles. The van der Waals surface area contributed by atoms with Gasteiger partial charge >= 0.3 is 10.1 Å². The quantitative estimate of drug-likeness (QED) is 0.267. The normalized spacial score (nSPS) is 0. The van der Waals surface area contributed by atoms with Crippen molar-refractivity contribution in [1.29, 1.82) is 0 Å². The molecule has 4 heavy (non-hydrogen) atoms. The van der Waals surface area contributed by atoms with Gasteiger partial charge in [-0.15, -0.1) is 0 Å². The number of hydrogen-bond donors (Lipinski definition) is 0. The second kappa shape index (κ2) is 64.5. The summed E-state index contributed by atoms with van der Waals surface area (Å²) in [6.07, 6.45) is 0. The zero-order valence-corrected chi connectivity index (χ0v) is 1.00. The molecule has 0 saturated carbocycles. The molecular weight excluding hydrogens is 68.0 g/mol. The maximum absolute atomic E-state index is 0. The van der Waals surface area contributed by atoms with E-state index in [1.165, 1.54) is 0 Å². The van der Waals surface area contributed by atoms with Crippen molar-refractivity contribution in [3.63, 3.8) is 0 Å². The van der Waals surface area contributed by atoms with E-state index in [2.05, 4.69) is 0 Å². The van der Waals surface area contributed by atoms with Crippen LogP contribution >= 0.6 is 0 Å². The summed E-state index contributed by atoms with van der Waals surface area (Å²) in [7, 11) is 0. The Morgan fingerprint density at radius 2 is 0.750 bits per heavy atom. The molecule has 0 bridgehead atoms. The van der Waals surface area contributed by atoms with Crippen molar-refractivity contribution in [2.75, 3.05) is 0 Å². The van der Waals surface area contributed by atoms with Gasteiger partial charge in [0.05, 0.1) is 0 Å². The molecule has 4 heteroatoms. The van der Waals surface area contributed by atoms with E-state index in [-0.39, 0.29) is 38.4 Å². The fraction of sp³-hybridized carbons (Fsp3) is 0. The van der Waals surface area contributed by atoms with Crippen molar-refractivity contribution in [3.8, 4) is 0 Å². The monoisotopic (exact) mass is 77.1 g/mol. The molecule has 0 atom stereocenters. The predicted octanol–water partition coefficient (Wildman–Crippen LogP) is -3.75. The van der Waals surface area contributed by atoms with E-state index in [0.717, 1.165) is 0 Å². The van der Waals surface area contributed by atoms with E-state index in [9.17, 15) is 0 Å². The first-order chi connectivity index (χ1) is 0. The topological polar surface area (TPSA) is 63.0 Å². The van der Waals surface area contributed by atoms with Gasteiger partial charge in [0.1, 0.15) is 0 Å². The van der Waals surface area contributed by atoms with Crippen LogP contribution in [0.25, 0.3) is 0 Å². The Hall–Kier alpha value is 0.621. The van der Waals surface area contributed by atoms with Gasteiger partial charge in [-0.25, -0.2) is 0 Å². The van der Waals surface area contributed by atoms with Crippen molar-refractivity contribution in [3.05, 3.63) is 0 Å². The van der Waals surface area contributed by atoms with E-state index < -0.39 is 0 Å². The third-order valence-corrected chi connectivity index (χ3v) is 0. The molecule has 0 fully saturated rings. The van der Waals surface area contributed by atoms with Crippen LogP contribution in [-0.2, 0) is 0 Å². The molecule has 0 saturated heterocycles. The van der Waals surface area contributed by atoms with E-state index >= 15 is 0 Å². The van der Waals surface area contributed by atoms with Gasteiger partial charge in [-0.3, -0.25) is 0 Å². The third kappa shape index (κ3) is 17.9. The van der Waals surface area contributed by atoms with Gasteiger partial charge in [0, 0.05) is 0 Å². The van der Waals surface area contributed by atoms with Crippen molar-refractivity contribution in [2.24, 2.45) is 0 Å². The van der Waals surface area contributed by atoms with Crippen LogP contribution in [0.5, 0.6) is 0 Å². The number of hydrogen-bond acceptors (Lipinski definition) is 0. The van der Waals surface area contributed by atoms with Gasteiger partial charge in [-0.05, 0) is 0 Å². The molecule has 0 aliphatic heterocycles. The van der Waals surface area contributed by atoms with E-state index in [1.807, 2.05) is 0 Å². The Morgan fingerprint density at radius 1 is 0.750 bits per heavy atom. The van der Waals surface area contributed by atoms with Crippen LogP contribution in [0.2, 0.25) is 0 Å². The van der Waals surface area contributed by atoms with Crippen LogP contribution in [0.1, 0.15) is 0 Å². The molecule has 2 nitrogen and oxygen atoms in total. The molecule has 0 aliphatic carbocycles. The molecule has 0 aromatic heterocycles. The molecule has 26 valence electrons. The van der Waals surface area contributed by atoms with Crippen LogP contribution < -0.4 is 0 Å². The van der Waals surface area contributed by atoms with Gasteiger partial charge in [0.2, 0.25) is 0 Å². The zero-order chi connectivity index (χ0) is 0. The first-order valence-corrected chi connectivity index (χ1v) is 0. The first-order valence-electron chi connectivity index (χ1n) is 0. The SMILES string of the molecule is O.O.[AlH3].[BeH2]. The second-order valence-electron chi connectivity index (χ2n) is 0. The standard InChI is InChI=1S/Al.Be.2H2O.5H/h;;2*1H2;;;;;. The molecule has 0 aromatic carbocycles. The zero-order valence-electron chi connectivity index (χ0n) is 1.00. The van der Waals surface area contributed by atoms with Gasteiger partial charge in [0.15, 0.2) is 17.4 Å². The predicted molar refractivity (Wildman–Crippen MR) is 25.7 cm³/mol. The molecular formula is H9AlBeO2. The van der Waals surface area contributed by atoms with Crippen molar-refractivity contribution in [1.82, 2.24) is 0 Å². The van der Waals surface area contributed by atoms with Crippen LogP contribution in [-0.4, -0.2) is 38.4 Å². The molecule has 0 aromatic rings. The number of rotatable bonds is 0. The molecule has 4 N–H and O–H groups in total. The Bertz CT molecular complexity index is 6.00. The summed E-state index contributed by atoms with van der Waals surface area (Å²) in [4.78, 5) is 0. The van der Waals surface area contributed by atoms with Crippen molar-refractivity contribution in [2.45, 2.75) is 0 Å². The van der Waals surface area contributed by atoms with Crippen molar-refractivity contribution < 1.29 is 11.0 Å². The summed E-state index contributed by atoms with van der Waals surface area (Å²) in [6.45, 7) is 0. The molecule has 0 aliphatic rings. The third-order valence-electron chi connectivity index (χ3n) is 0. The molecule has 0 rings (SSSR count). The summed E-state index contributed by atoms with van der Waals surface area (Å²) in [5.41, 5.74) is 0. The summed E-state index contributed by atoms with van der Waals surface area (Å²) in [6, 6.07) is 0. The first kappa shape index (κ1) is 157. The van der Waals surface area contributed by atoms with Crippen LogP contribution in [0, 0.1) is 0 Å².